The van der Waals surface area contributed by atoms with E-state index in [1.165, 1.54) is 25.7 Å². The summed E-state index contributed by atoms with van der Waals surface area (Å²) < 4.78 is 12.0. The molecule has 2 bridgehead atoms. The molecule has 4 nitrogen and oxygen atoms in total. The number of rotatable bonds is 3. The third kappa shape index (κ3) is 1.96. The molecule has 2 saturated heterocycles. The van der Waals surface area contributed by atoms with Crippen molar-refractivity contribution in [3.05, 3.63) is 0 Å². The normalized spacial score (nSPS) is 48.7. The number of fused-ring (bicyclic) bond motifs is 3. The number of alkyl carbamates (subject to hydrolysis) is 1. The Morgan fingerprint density at radius 3 is 2.70 bits per heavy atom. The molecule has 3 unspecified atom stereocenters. The molecule has 1 N–H and O–H groups in total. The number of carbonyl (C=O) groups is 1. The molecular formula is C18H29NO3Se. The second-order valence-electron chi connectivity index (χ2n) is 8.64. The molecule has 0 radical (unpaired) electrons. The van der Waals surface area contributed by atoms with Crippen LogP contribution in [0.5, 0.6) is 0 Å². The summed E-state index contributed by atoms with van der Waals surface area (Å²) in [5.74, 6) is 0.670. The molecule has 2 heterocycles. The quantitative estimate of drug-likeness (QED) is 0.757. The summed E-state index contributed by atoms with van der Waals surface area (Å²) in [6.45, 7) is 11.2. The molecular weight excluding hydrogens is 357 g/mol. The minimum absolute atomic E-state index is 0.0898. The Bertz CT molecular complexity index is 518. The van der Waals surface area contributed by atoms with Crippen LogP contribution < -0.4 is 5.32 Å². The van der Waals surface area contributed by atoms with Crippen LogP contribution in [-0.4, -0.2) is 45.9 Å². The Morgan fingerprint density at radius 1 is 1.30 bits per heavy atom. The zero-order valence-electron chi connectivity index (χ0n) is 14.7. The molecule has 0 aromatic carbocycles. The summed E-state index contributed by atoms with van der Waals surface area (Å²) in [5.41, 5.74) is 0.0395. The molecule has 1 amide bonds. The van der Waals surface area contributed by atoms with E-state index in [9.17, 15) is 4.79 Å². The SMILES string of the molecule is CC([Se][C@H]1[C@H]2CC[C@](C)(C2(C)C)C12CNC(=O)O2)C1CCCO1. The van der Waals surface area contributed by atoms with E-state index in [0.717, 1.165) is 6.61 Å². The van der Waals surface area contributed by atoms with Crippen LogP contribution in [0.15, 0.2) is 0 Å². The van der Waals surface area contributed by atoms with Gasteiger partial charge in [0.1, 0.15) is 0 Å². The fraction of sp³-hybridized carbons (Fsp3) is 0.944. The molecule has 4 rings (SSSR count). The first-order valence-corrected chi connectivity index (χ1v) is 11.0. The third-order valence-corrected chi connectivity index (χ3v) is 11.3. The summed E-state index contributed by atoms with van der Waals surface area (Å²) >= 11 is 0.432. The van der Waals surface area contributed by atoms with Crippen molar-refractivity contribution in [2.75, 3.05) is 13.2 Å². The fourth-order valence-electron chi connectivity index (χ4n) is 5.87. The van der Waals surface area contributed by atoms with Gasteiger partial charge in [-0.25, -0.2) is 0 Å². The van der Waals surface area contributed by atoms with Gasteiger partial charge in [0.25, 0.3) is 0 Å². The van der Waals surface area contributed by atoms with Crippen LogP contribution in [0.25, 0.3) is 0 Å². The van der Waals surface area contributed by atoms with Gasteiger partial charge in [-0.15, -0.1) is 0 Å². The molecule has 23 heavy (non-hydrogen) atoms. The van der Waals surface area contributed by atoms with Crippen LogP contribution in [-0.2, 0) is 9.47 Å². The van der Waals surface area contributed by atoms with E-state index in [1.54, 1.807) is 0 Å². The van der Waals surface area contributed by atoms with E-state index in [0.29, 0.717) is 43.2 Å². The molecule has 5 heteroatoms. The monoisotopic (exact) mass is 387 g/mol. The van der Waals surface area contributed by atoms with Gasteiger partial charge < -0.3 is 0 Å². The van der Waals surface area contributed by atoms with Crippen LogP contribution >= 0.6 is 0 Å². The predicted molar refractivity (Wildman–Crippen MR) is 89.7 cm³/mol. The van der Waals surface area contributed by atoms with Crippen LogP contribution in [0, 0.1) is 16.7 Å². The van der Waals surface area contributed by atoms with Crippen LogP contribution in [0.4, 0.5) is 4.79 Å². The van der Waals surface area contributed by atoms with E-state index in [2.05, 4.69) is 33.0 Å². The molecule has 6 atom stereocenters. The van der Waals surface area contributed by atoms with E-state index in [-0.39, 0.29) is 22.5 Å². The second kappa shape index (κ2) is 5.12. The van der Waals surface area contributed by atoms with Crippen molar-refractivity contribution < 1.29 is 14.3 Å². The van der Waals surface area contributed by atoms with E-state index in [4.69, 9.17) is 9.47 Å². The molecule has 1 spiro atoms. The van der Waals surface area contributed by atoms with Gasteiger partial charge >= 0.3 is 145 Å². The molecule has 2 aliphatic carbocycles. The van der Waals surface area contributed by atoms with Gasteiger partial charge in [-0.3, -0.25) is 0 Å². The molecule has 2 saturated carbocycles. The first-order chi connectivity index (χ1) is 10.8. The zero-order valence-corrected chi connectivity index (χ0v) is 16.4. The Labute approximate surface area is 145 Å². The third-order valence-electron chi connectivity index (χ3n) is 7.68. The average Bonchev–Trinajstić information content (AvgIpc) is 3.20. The van der Waals surface area contributed by atoms with Gasteiger partial charge in [-0.05, 0) is 0 Å². The minimum atomic E-state index is -0.288. The van der Waals surface area contributed by atoms with Gasteiger partial charge in [-0.2, -0.15) is 0 Å². The van der Waals surface area contributed by atoms with Crippen molar-refractivity contribution in [1.29, 1.82) is 0 Å². The number of carbonyl (C=O) groups excluding carboxylic acids is 1. The molecule has 0 aromatic heterocycles. The summed E-state index contributed by atoms with van der Waals surface area (Å²) in [5, 5.41) is 2.99. The topological polar surface area (TPSA) is 47.6 Å². The van der Waals surface area contributed by atoms with Gasteiger partial charge in [0.05, 0.1) is 0 Å². The van der Waals surface area contributed by atoms with Gasteiger partial charge in [0, 0.05) is 0 Å². The Hall–Kier alpha value is -0.251. The number of hydrogen-bond acceptors (Lipinski definition) is 3. The predicted octanol–water partition coefficient (Wildman–Crippen LogP) is 3.40. The van der Waals surface area contributed by atoms with Gasteiger partial charge in [0.15, 0.2) is 0 Å². The summed E-state index contributed by atoms with van der Waals surface area (Å²) in [6, 6.07) is 0. The van der Waals surface area contributed by atoms with Crippen LogP contribution in [0.1, 0.15) is 53.4 Å². The van der Waals surface area contributed by atoms with Crippen LogP contribution in [0.3, 0.4) is 0 Å². The maximum atomic E-state index is 12.0. The Balaban J connectivity index is 1.65. The van der Waals surface area contributed by atoms with Crippen molar-refractivity contribution in [2.45, 2.75) is 74.7 Å². The maximum absolute atomic E-state index is 12.0. The second-order valence-corrected chi connectivity index (χ2v) is 11.8. The van der Waals surface area contributed by atoms with Gasteiger partial charge in [-0.1, -0.05) is 0 Å². The van der Waals surface area contributed by atoms with Gasteiger partial charge in [0.2, 0.25) is 0 Å². The van der Waals surface area contributed by atoms with E-state index < -0.39 is 0 Å². The van der Waals surface area contributed by atoms with Crippen molar-refractivity contribution in [3.8, 4) is 0 Å². The number of hydrogen-bond donors (Lipinski definition) is 1. The van der Waals surface area contributed by atoms with Crippen molar-refractivity contribution in [3.63, 3.8) is 0 Å². The number of nitrogens with one attached hydrogen (secondary N) is 1. The van der Waals surface area contributed by atoms with Crippen molar-refractivity contribution >= 4 is 21.1 Å². The number of ether oxygens (including phenoxy) is 2. The van der Waals surface area contributed by atoms with Crippen molar-refractivity contribution in [2.24, 2.45) is 16.7 Å². The number of amides is 1. The average molecular weight is 386 g/mol. The summed E-state index contributed by atoms with van der Waals surface area (Å²) in [4.78, 5) is 13.1. The standard InChI is InChI=1S/C18H29NO3Se/c1-11(13-6-5-9-21-13)23-14-12-7-8-17(4,16(12,2)3)18(14)10-19-15(20)22-18/h11-14H,5-10H2,1-4H3,(H,19,20)/t11?,12-,13?,14+,17-,18?/m1/s1. The van der Waals surface area contributed by atoms with E-state index >= 15 is 0 Å². The molecule has 2 aliphatic heterocycles. The zero-order chi connectivity index (χ0) is 16.5. The van der Waals surface area contributed by atoms with E-state index in [1.807, 2.05) is 0 Å². The molecule has 0 aromatic rings. The Morgan fingerprint density at radius 2 is 2.09 bits per heavy atom. The summed E-state index contributed by atoms with van der Waals surface area (Å²) in [7, 11) is 0. The fourth-order valence-corrected chi connectivity index (χ4v) is 10.3. The Kier molecular flexibility index (Phi) is 3.62. The summed E-state index contributed by atoms with van der Waals surface area (Å²) in [6.07, 6.45) is 5.08. The first kappa shape index (κ1) is 16.2. The van der Waals surface area contributed by atoms with Crippen molar-refractivity contribution in [1.82, 2.24) is 5.32 Å². The molecule has 4 fully saturated rings. The molecule has 4 aliphatic rings. The molecule has 130 valence electrons. The first-order valence-electron chi connectivity index (χ1n) is 9.06. The van der Waals surface area contributed by atoms with Crippen LogP contribution in [0.2, 0.25) is 9.63 Å².